The van der Waals surface area contributed by atoms with Crippen LogP contribution in [0.1, 0.15) is 10.6 Å². The highest BCUT2D eigenvalue weighted by atomic mass is 35.5. The van der Waals surface area contributed by atoms with Gasteiger partial charge >= 0.3 is 0 Å². The molecule has 1 aromatic heterocycles. The summed E-state index contributed by atoms with van der Waals surface area (Å²) in [6.45, 7) is 0. The lowest BCUT2D eigenvalue weighted by Gasteiger charge is -2.09. The molecule has 0 spiro atoms. The summed E-state index contributed by atoms with van der Waals surface area (Å²) in [5, 5.41) is -0.500. The second-order valence-electron chi connectivity index (χ2n) is 3.70. The molecule has 2 aromatic rings. The Balaban J connectivity index is 2.80. The minimum atomic E-state index is -4.88. The Bertz CT molecular complexity index is 732. The zero-order chi connectivity index (χ0) is 15.1. The van der Waals surface area contributed by atoms with Gasteiger partial charge in [0.2, 0.25) is 5.09 Å². The summed E-state index contributed by atoms with van der Waals surface area (Å²) < 4.78 is 38.7. The zero-order valence-corrected chi connectivity index (χ0v) is 13.3. The Labute approximate surface area is 134 Å². The van der Waals surface area contributed by atoms with Crippen molar-refractivity contribution in [2.45, 2.75) is 9.93 Å². The second-order valence-corrected chi connectivity index (χ2v) is 6.89. The normalized spacial score (nSPS) is 12.1. The van der Waals surface area contributed by atoms with Crippen LogP contribution in [0.4, 0.5) is 0 Å². The predicted octanol–water partition coefficient (Wildman–Crippen LogP) is 4.63. The van der Waals surface area contributed by atoms with E-state index in [1.165, 1.54) is 18.2 Å². The fraction of sp³-hybridized carbons (Fsp3) is 0.0909. The van der Waals surface area contributed by atoms with E-state index in [1.807, 2.05) is 0 Å². The first-order valence-electron chi connectivity index (χ1n) is 5.04. The summed E-state index contributed by atoms with van der Waals surface area (Å²) in [5.41, 5.74) is 0.0890. The van der Waals surface area contributed by atoms with Crippen LogP contribution in [0.3, 0.4) is 0 Å². The largest absolute Gasteiger partial charge is 0.742 e. The number of benzene rings is 1. The predicted molar refractivity (Wildman–Crippen MR) is 76.6 cm³/mol. The molecule has 9 heteroatoms. The van der Waals surface area contributed by atoms with Crippen LogP contribution in [-0.4, -0.2) is 13.0 Å². The monoisotopic (exact) mass is 373 g/mol. The van der Waals surface area contributed by atoms with Gasteiger partial charge in [-0.2, -0.15) is 0 Å². The lowest BCUT2D eigenvalue weighted by molar-refractivity contribution is 0.384. The van der Waals surface area contributed by atoms with Crippen molar-refractivity contribution in [3.63, 3.8) is 0 Å². The maximum absolute atomic E-state index is 11.3. The molecule has 0 unspecified atom stereocenters. The van der Waals surface area contributed by atoms with E-state index in [-0.39, 0.29) is 26.9 Å². The third-order valence-corrected chi connectivity index (χ3v) is 4.21. The molecule has 0 saturated carbocycles. The van der Waals surface area contributed by atoms with Crippen molar-refractivity contribution in [1.82, 2.24) is 0 Å². The number of hydrogen-bond acceptors (Lipinski definition) is 4. The van der Waals surface area contributed by atoms with Gasteiger partial charge < -0.3 is 8.97 Å². The van der Waals surface area contributed by atoms with E-state index in [2.05, 4.69) is 0 Å². The standard InChI is InChI=1S/C11H6Cl4O4S/c12-6-2-1-3-7(13)9(6)5-4-8(10(14)15)19-11(5)20(16,17)18/h1-4,10H,(H,16,17,18)/p-1. The maximum atomic E-state index is 11.3. The molecule has 108 valence electrons. The molecule has 0 aliphatic rings. The van der Waals surface area contributed by atoms with Gasteiger partial charge in [0.15, 0.2) is 15.0 Å². The van der Waals surface area contributed by atoms with Crippen molar-refractivity contribution in [2.24, 2.45) is 0 Å². The molecular weight excluding hydrogens is 370 g/mol. The summed E-state index contributed by atoms with van der Waals surface area (Å²) in [6.07, 6.45) is 0. The van der Waals surface area contributed by atoms with Crippen molar-refractivity contribution < 1.29 is 17.4 Å². The molecule has 20 heavy (non-hydrogen) atoms. The van der Waals surface area contributed by atoms with Crippen molar-refractivity contribution >= 4 is 56.5 Å². The molecule has 0 fully saturated rings. The summed E-state index contributed by atoms with van der Waals surface area (Å²) in [6, 6.07) is 5.79. The Morgan fingerprint density at radius 2 is 1.70 bits per heavy atom. The molecule has 0 atom stereocenters. The highest BCUT2D eigenvalue weighted by Crippen LogP contribution is 2.42. The Morgan fingerprint density at radius 3 is 2.15 bits per heavy atom. The van der Waals surface area contributed by atoms with Crippen molar-refractivity contribution in [3.05, 3.63) is 40.1 Å². The van der Waals surface area contributed by atoms with Crippen molar-refractivity contribution in [3.8, 4) is 11.1 Å². The summed E-state index contributed by atoms with van der Waals surface area (Å²) in [7, 11) is -4.88. The first-order valence-corrected chi connectivity index (χ1v) is 8.07. The topological polar surface area (TPSA) is 70.3 Å². The molecule has 4 nitrogen and oxygen atoms in total. The van der Waals surface area contributed by atoms with Gasteiger partial charge in [-0.3, -0.25) is 0 Å². The maximum Gasteiger partial charge on any atom is 0.213 e. The van der Waals surface area contributed by atoms with Gasteiger partial charge in [0, 0.05) is 11.1 Å². The fourth-order valence-corrected chi connectivity index (χ4v) is 3.06. The van der Waals surface area contributed by atoms with Crippen LogP contribution in [0, 0.1) is 0 Å². The van der Waals surface area contributed by atoms with E-state index in [0.29, 0.717) is 0 Å². The first kappa shape index (κ1) is 15.9. The minimum Gasteiger partial charge on any atom is -0.742 e. The Kier molecular flexibility index (Phi) is 4.59. The highest BCUT2D eigenvalue weighted by Gasteiger charge is 2.24. The van der Waals surface area contributed by atoms with Gasteiger partial charge in [0.1, 0.15) is 5.76 Å². The van der Waals surface area contributed by atoms with Crippen molar-refractivity contribution in [2.75, 3.05) is 0 Å². The fourth-order valence-electron chi connectivity index (χ4n) is 1.62. The zero-order valence-electron chi connectivity index (χ0n) is 9.44. The number of alkyl halides is 2. The molecule has 1 heterocycles. The molecule has 0 amide bonds. The van der Waals surface area contributed by atoms with Gasteiger partial charge in [-0.25, -0.2) is 8.42 Å². The molecule has 0 aliphatic carbocycles. The smallest absolute Gasteiger partial charge is 0.213 e. The molecule has 0 aliphatic heterocycles. The minimum absolute atomic E-state index is 0.0723. The molecule has 0 N–H and O–H groups in total. The van der Waals surface area contributed by atoms with Crippen LogP contribution in [0.15, 0.2) is 33.8 Å². The molecule has 1 aromatic carbocycles. The second kappa shape index (κ2) is 5.75. The van der Waals surface area contributed by atoms with E-state index in [1.54, 1.807) is 6.07 Å². The quantitative estimate of drug-likeness (QED) is 0.579. The van der Waals surface area contributed by atoms with Crippen LogP contribution < -0.4 is 0 Å². The average Bonchev–Trinajstić information content (AvgIpc) is 2.73. The van der Waals surface area contributed by atoms with Crippen LogP contribution >= 0.6 is 46.4 Å². The lowest BCUT2D eigenvalue weighted by Crippen LogP contribution is -1.99. The summed E-state index contributed by atoms with van der Waals surface area (Å²) in [4.78, 5) is -1.13. The molecule has 0 bridgehead atoms. The van der Waals surface area contributed by atoms with E-state index in [0.717, 1.165) is 0 Å². The van der Waals surface area contributed by atoms with E-state index < -0.39 is 20.0 Å². The highest BCUT2D eigenvalue weighted by molar-refractivity contribution is 7.85. The molecule has 0 saturated heterocycles. The SMILES string of the molecule is O=S(=O)([O-])c1oc(C(Cl)Cl)cc1-c1c(Cl)cccc1Cl. The van der Waals surface area contributed by atoms with Gasteiger partial charge in [-0.15, -0.1) is 0 Å². The Hall–Kier alpha value is -0.430. The number of rotatable bonds is 3. The first-order chi connectivity index (χ1) is 9.21. The summed E-state index contributed by atoms with van der Waals surface area (Å²) in [5.74, 6) is -0.0891. The summed E-state index contributed by atoms with van der Waals surface area (Å²) >= 11 is 23.2. The van der Waals surface area contributed by atoms with Crippen LogP contribution in [0.25, 0.3) is 11.1 Å². The molecular formula is C11H5Cl4O4S-. The Morgan fingerprint density at radius 1 is 1.15 bits per heavy atom. The molecule has 2 rings (SSSR count). The lowest BCUT2D eigenvalue weighted by atomic mass is 10.1. The third-order valence-electron chi connectivity index (χ3n) is 2.39. The molecule has 0 radical (unpaired) electrons. The van der Waals surface area contributed by atoms with Gasteiger partial charge in [-0.05, 0) is 18.2 Å². The van der Waals surface area contributed by atoms with Crippen LogP contribution in [-0.2, 0) is 10.1 Å². The average molecular weight is 375 g/mol. The van der Waals surface area contributed by atoms with Crippen LogP contribution in [0.5, 0.6) is 0 Å². The number of furan rings is 1. The van der Waals surface area contributed by atoms with Gasteiger partial charge in [-0.1, -0.05) is 52.5 Å². The van der Waals surface area contributed by atoms with E-state index in [9.17, 15) is 13.0 Å². The van der Waals surface area contributed by atoms with Crippen LogP contribution in [0.2, 0.25) is 10.0 Å². The van der Waals surface area contributed by atoms with Gasteiger partial charge in [0.25, 0.3) is 0 Å². The number of hydrogen-bond donors (Lipinski definition) is 0. The van der Waals surface area contributed by atoms with E-state index >= 15 is 0 Å². The third kappa shape index (κ3) is 3.08. The van der Waals surface area contributed by atoms with Crippen molar-refractivity contribution in [1.29, 1.82) is 0 Å². The number of halogens is 4. The van der Waals surface area contributed by atoms with Gasteiger partial charge in [0.05, 0.1) is 10.0 Å². The van der Waals surface area contributed by atoms with E-state index in [4.69, 9.17) is 50.8 Å².